The van der Waals surface area contributed by atoms with Gasteiger partial charge in [-0.3, -0.25) is 0 Å². The standard InChI is InChI=1S/C14H21ClN2O2/c1-10(8-18)17-13(19)16-9-14(2,3)11-5-4-6-12(15)7-11/h4-7,10,18H,8-9H2,1-3H3,(H2,16,17,19). The summed E-state index contributed by atoms with van der Waals surface area (Å²) < 4.78 is 0. The van der Waals surface area contributed by atoms with Crippen molar-refractivity contribution in [2.24, 2.45) is 0 Å². The van der Waals surface area contributed by atoms with Gasteiger partial charge >= 0.3 is 6.03 Å². The van der Waals surface area contributed by atoms with E-state index in [1.165, 1.54) is 0 Å². The molecule has 1 aromatic carbocycles. The van der Waals surface area contributed by atoms with E-state index in [2.05, 4.69) is 10.6 Å². The van der Waals surface area contributed by atoms with Crippen molar-refractivity contribution in [3.63, 3.8) is 0 Å². The number of aliphatic hydroxyl groups is 1. The number of hydrogen-bond acceptors (Lipinski definition) is 2. The molecule has 19 heavy (non-hydrogen) atoms. The number of hydrogen-bond donors (Lipinski definition) is 3. The lowest BCUT2D eigenvalue weighted by Crippen LogP contribution is -2.46. The molecule has 5 heteroatoms. The summed E-state index contributed by atoms with van der Waals surface area (Å²) in [6.07, 6.45) is 0. The van der Waals surface area contributed by atoms with E-state index >= 15 is 0 Å². The average molecular weight is 285 g/mol. The van der Waals surface area contributed by atoms with Gasteiger partial charge in [-0.25, -0.2) is 4.79 Å². The van der Waals surface area contributed by atoms with E-state index in [9.17, 15) is 4.79 Å². The van der Waals surface area contributed by atoms with Gasteiger partial charge in [0.1, 0.15) is 0 Å². The van der Waals surface area contributed by atoms with Crippen LogP contribution in [0.15, 0.2) is 24.3 Å². The first kappa shape index (κ1) is 15.8. The van der Waals surface area contributed by atoms with Crippen molar-refractivity contribution >= 4 is 17.6 Å². The molecule has 1 rings (SSSR count). The van der Waals surface area contributed by atoms with Gasteiger partial charge in [-0.05, 0) is 24.6 Å². The molecule has 0 aliphatic carbocycles. The predicted molar refractivity (Wildman–Crippen MR) is 77.6 cm³/mol. The first-order chi connectivity index (χ1) is 8.85. The van der Waals surface area contributed by atoms with E-state index in [4.69, 9.17) is 16.7 Å². The number of amides is 2. The van der Waals surface area contributed by atoms with Gasteiger partial charge in [-0.1, -0.05) is 37.6 Å². The van der Waals surface area contributed by atoms with Crippen molar-refractivity contribution < 1.29 is 9.90 Å². The fourth-order valence-corrected chi connectivity index (χ4v) is 1.82. The predicted octanol–water partition coefficient (Wildman–Crippen LogP) is 2.30. The zero-order chi connectivity index (χ0) is 14.5. The second-order valence-electron chi connectivity index (χ2n) is 5.30. The van der Waals surface area contributed by atoms with Gasteiger partial charge < -0.3 is 15.7 Å². The molecule has 0 saturated carbocycles. The molecule has 2 amide bonds. The Morgan fingerprint density at radius 3 is 2.74 bits per heavy atom. The van der Waals surface area contributed by atoms with Crippen LogP contribution in [0.5, 0.6) is 0 Å². The molecule has 0 bridgehead atoms. The third-order valence-electron chi connectivity index (χ3n) is 2.95. The lowest BCUT2D eigenvalue weighted by molar-refractivity contribution is 0.218. The Morgan fingerprint density at radius 2 is 2.16 bits per heavy atom. The van der Waals surface area contributed by atoms with Gasteiger partial charge in [0.25, 0.3) is 0 Å². The molecule has 106 valence electrons. The molecule has 0 radical (unpaired) electrons. The van der Waals surface area contributed by atoms with Gasteiger partial charge in [0.15, 0.2) is 0 Å². The lowest BCUT2D eigenvalue weighted by atomic mass is 9.85. The fourth-order valence-electron chi connectivity index (χ4n) is 1.63. The number of halogens is 1. The second-order valence-corrected chi connectivity index (χ2v) is 5.74. The molecule has 0 saturated heterocycles. The smallest absolute Gasteiger partial charge is 0.315 e. The number of carbonyl (C=O) groups excluding carboxylic acids is 1. The van der Waals surface area contributed by atoms with Gasteiger partial charge in [0.05, 0.1) is 12.6 Å². The molecule has 1 atom stereocenters. The number of carbonyl (C=O) groups is 1. The van der Waals surface area contributed by atoms with E-state index in [-0.39, 0.29) is 24.1 Å². The minimum Gasteiger partial charge on any atom is -0.394 e. The van der Waals surface area contributed by atoms with Crippen molar-refractivity contribution in [3.8, 4) is 0 Å². The van der Waals surface area contributed by atoms with Gasteiger partial charge in [-0.2, -0.15) is 0 Å². The van der Waals surface area contributed by atoms with Crippen LogP contribution in [0, 0.1) is 0 Å². The molecule has 3 N–H and O–H groups in total. The Hall–Kier alpha value is -1.26. The van der Waals surface area contributed by atoms with Crippen LogP contribution in [0.4, 0.5) is 4.79 Å². The molecular weight excluding hydrogens is 264 g/mol. The Bertz CT molecular complexity index is 435. The molecule has 1 unspecified atom stereocenters. The van der Waals surface area contributed by atoms with E-state index in [1.807, 2.05) is 38.1 Å². The summed E-state index contributed by atoms with van der Waals surface area (Å²) in [4.78, 5) is 11.6. The first-order valence-corrected chi connectivity index (χ1v) is 6.64. The Balaban J connectivity index is 2.58. The Kier molecular flexibility index (Phi) is 5.63. The Labute approximate surface area is 119 Å². The highest BCUT2D eigenvalue weighted by molar-refractivity contribution is 6.30. The molecule has 0 aromatic heterocycles. The van der Waals surface area contributed by atoms with Crippen molar-refractivity contribution in [3.05, 3.63) is 34.9 Å². The maximum Gasteiger partial charge on any atom is 0.315 e. The highest BCUT2D eigenvalue weighted by atomic mass is 35.5. The Morgan fingerprint density at radius 1 is 1.47 bits per heavy atom. The van der Waals surface area contributed by atoms with Crippen LogP contribution in [-0.4, -0.2) is 30.3 Å². The van der Waals surface area contributed by atoms with E-state index in [0.717, 1.165) is 5.56 Å². The molecule has 0 aliphatic rings. The van der Waals surface area contributed by atoms with Crippen LogP contribution in [0.25, 0.3) is 0 Å². The fraction of sp³-hybridized carbons (Fsp3) is 0.500. The maximum absolute atomic E-state index is 11.6. The summed E-state index contributed by atoms with van der Waals surface area (Å²) in [5, 5.41) is 15.0. The zero-order valence-electron chi connectivity index (χ0n) is 11.5. The number of urea groups is 1. The largest absolute Gasteiger partial charge is 0.394 e. The van der Waals surface area contributed by atoms with Gasteiger partial charge in [-0.15, -0.1) is 0 Å². The quantitative estimate of drug-likeness (QED) is 0.777. The SMILES string of the molecule is CC(CO)NC(=O)NCC(C)(C)c1cccc(Cl)c1. The molecule has 0 spiro atoms. The monoisotopic (exact) mass is 284 g/mol. The normalized spacial score (nSPS) is 12.9. The second kappa shape index (κ2) is 6.78. The molecule has 4 nitrogen and oxygen atoms in total. The third-order valence-corrected chi connectivity index (χ3v) is 3.18. The van der Waals surface area contributed by atoms with Crippen molar-refractivity contribution in [1.82, 2.24) is 10.6 Å². The molecule has 1 aromatic rings. The van der Waals surface area contributed by atoms with Crippen molar-refractivity contribution in [2.75, 3.05) is 13.2 Å². The van der Waals surface area contributed by atoms with Crippen LogP contribution in [0.2, 0.25) is 5.02 Å². The summed E-state index contributed by atoms with van der Waals surface area (Å²) in [6.45, 7) is 6.22. The van der Waals surface area contributed by atoms with Crippen LogP contribution in [0.1, 0.15) is 26.3 Å². The highest BCUT2D eigenvalue weighted by Crippen LogP contribution is 2.24. The number of benzene rings is 1. The molecule has 0 heterocycles. The highest BCUT2D eigenvalue weighted by Gasteiger charge is 2.21. The third kappa shape index (κ3) is 5.09. The summed E-state index contributed by atoms with van der Waals surface area (Å²) >= 11 is 5.97. The van der Waals surface area contributed by atoms with Crippen molar-refractivity contribution in [2.45, 2.75) is 32.2 Å². The summed E-state index contributed by atoms with van der Waals surface area (Å²) in [5.41, 5.74) is 0.848. The van der Waals surface area contributed by atoms with Crippen molar-refractivity contribution in [1.29, 1.82) is 0 Å². The lowest BCUT2D eigenvalue weighted by Gasteiger charge is -2.26. The van der Waals surface area contributed by atoms with Gasteiger partial charge in [0, 0.05) is 17.0 Å². The minimum absolute atomic E-state index is 0.0783. The van der Waals surface area contributed by atoms with Crippen LogP contribution < -0.4 is 10.6 Å². The van der Waals surface area contributed by atoms with Crippen LogP contribution >= 0.6 is 11.6 Å². The maximum atomic E-state index is 11.6. The molecule has 0 aliphatic heterocycles. The van der Waals surface area contributed by atoms with Gasteiger partial charge in [0.2, 0.25) is 0 Å². The molecular formula is C14H21ClN2O2. The zero-order valence-corrected chi connectivity index (χ0v) is 12.3. The number of aliphatic hydroxyl groups excluding tert-OH is 1. The first-order valence-electron chi connectivity index (χ1n) is 6.26. The van der Waals surface area contributed by atoms with Crippen LogP contribution in [0.3, 0.4) is 0 Å². The minimum atomic E-state index is -0.281. The van der Waals surface area contributed by atoms with E-state index < -0.39 is 0 Å². The molecule has 0 fully saturated rings. The topological polar surface area (TPSA) is 61.4 Å². The van der Waals surface area contributed by atoms with E-state index in [1.54, 1.807) is 6.92 Å². The summed E-state index contributed by atoms with van der Waals surface area (Å²) in [6, 6.07) is 7.07. The summed E-state index contributed by atoms with van der Waals surface area (Å²) in [7, 11) is 0. The van der Waals surface area contributed by atoms with Crippen LogP contribution in [-0.2, 0) is 5.41 Å². The summed E-state index contributed by atoms with van der Waals surface area (Å²) in [5.74, 6) is 0. The van der Waals surface area contributed by atoms with E-state index in [0.29, 0.717) is 11.6 Å². The number of nitrogens with one attached hydrogen (secondary N) is 2. The average Bonchev–Trinajstić information content (AvgIpc) is 2.36. The number of rotatable bonds is 5.